The number of rotatable bonds is 11. The van der Waals surface area contributed by atoms with Crippen LogP contribution < -0.4 is 5.32 Å². The molecule has 1 fully saturated rings. The van der Waals surface area contributed by atoms with Crippen molar-refractivity contribution in [3.8, 4) is 0 Å². The lowest BCUT2D eigenvalue weighted by atomic mass is 10.1. The summed E-state index contributed by atoms with van der Waals surface area (Å²) >= 11 is 0.918. The van der Waals surface area contributed by atoms with Crippen LogP contribution in [0.25, 0.3) is 0 Å². The Kier molecular flexibility index (Phi) is 10.4. The third-order valence-corrected chi connectivity index (χ3v) is 5.51. The number of carbonyl (C=O) groups is 4. The Morgan fingerprint density at radius 2 is 1.96 bits per heavy atom. The van der Waals surface area contributed by atoms with Crippen molar-refractivity contribution < 1.29 is 39.5 Å². The standard InChI is InChI=1S/C16H27N3O8S/c1-10(14(21)18-7-3-5-12(18)15(22)23)9-28-16(24)11(2)17-13(20)6-4-8-27-19(25)26/h10-12,25-26H,3-9H2,1-2H3,(H,17,20)(H,22,23)/t10-,11?,12+/m1/s1. The lowest BCUT2D eigenvalue weighted by Crippen LogP contribution is -2.43. The number of thioether (sulfide) groups is 1. The molecule has 4 N–H and O–H groups in total. The fraction of sp³-hybridized carbons (Fsp3) is 0.750. The predicted molar refractivity (Wildman–Crippen MR) is 97.2 cm³/mol. The van der Waals surface area contributed by atoms with Crippen LogP contribution in [-0.2, 0) is 24.0 Å². The third-order valence-electron chi connectivity index (χ3n) is 4.20. The van der Waals surface area contributed by atoms with Gasteiger partial charge < -0.3 is 15.3 Å². The van der Waals surface area contributed by atoms with Gasteiger partial charge >= 0.3 is 5.97 Å². The molecule has 1 heterocycles. The molecule has 0 aliphatic carbocycles. The van der Waals surface area contributed by atoms with Gasteiger partial charge in [-0.05, 0) is 26.2 Å². The van der Waals surface area contributed by atoms with Crippen LogP contribution in [0.15, 0.2) is 0 Å². The van der Waals surface area contributed by atoms with E-state index in [-0.39, 0.29) is 36.2 Å². The molecule has 11 nitrogen and oxygen atoms in total. The van der Waals surface area contributed by atoms with E-state index in [1.165, 1.54) is 11.8 Å². The first kappa shape index (κ1) is 24.3. The van der Waals surface area contributed by atoms with Crippen molar-refractivity contribution >= 4 is 34.7 Å². The van der Waals surface area contributed by atoms with Crippen LogP contribution in [0.2, 0.25) is 0 Å². The van der Waals surface area contributed by atoms with E-state index in [1.54, 1.807) is 6.92 Å². The third kappa shape index (κ3) is 8.10. The van der Waals surface area contributed by atoms with Gasteiger partial charge in [-0.2, -0.15) is 0 Å². The summed E-state index contributed by atoms with van der Waals surface area (Å²) in [5, 5.41) is 27.6. The predicted octanol–water partition coefficient (Wildman–Crippen LogP) is 0.255. The minimum atomic E-state index is -1.02. The number of carboxylic acids is 1. The average molecular weight is 421 g/mol. The molecule has 160 valence electrons. The molecule has 3 atom stereocenters. The zero-order valence-electron chi connectivity index (χ0n) is 15.9. The SMILES string of the molecule is CC(NC(=O)CCCON(O)O)C(=O)SC[C@@H](C)C(=O)N1CCC[C@H]1C(=O)O. The maximum atomic E-state index is 12.4. The quantitative estimate of drug-likeness (QED) is 0.269. The van der Waals surface area contributed by atoms with E-state index in [0.717, 1.165) is 11.8 Å². The van der Waals surface area contributed by atoms with Crippen molar-refractivity contribution in [3.05, 3.63) is 0 Å². The maximum Gasteiger partial charge on any atom is 0.326 e. The molecule has 1 aliphatic rings. The molecule has 0 bridgehead atoms. The summed E-state index contributed by atoms with van der Waals surface area (Å²) in [6, 6.07) is -1.56. The molecule has 0 aromatic heterocycles. The van der Waals surface area contributed by atoms with E-state index in [4.69, 9.17) is 15.5 Å². The molecular formula is C16H27N3O8S. The summed E-state index contributed by atoms with van der Waals surface area (Å²) in [6.45, 7) is 3.50. The lowest BCUT2D eigenvalue weighted by molar-refractivity contribution is -0.492. The first-order valence-corrected chi connectivity index (χ1v) is 9.92. The van der Waals surface area contributed by atoms with Crippen LogP contribution in [0, 0.1) is 5.92 Å². The second-order valence-electron chi connectivity index (χ2n) is 6.54. The molecule has 1 unspecified atom stereocenters. The van der Waals surface area contributed by atoms with Crippen molar-refractivity contribution in [3.63, 3.8) is 0 Å². The van der Waals surface area contributed by atoms with Crippen LogP contribution in [0.3, 0.4) is 0 Å². The Bertz CT molecular complexity index is 574. The number of hydrogen-bond acceptors (Lipinski definition) is 9. The van der Waals surface area contributed by atoms with E-state index in [0.29, 0.717) is 19.4 Å². The highest BCUT2D eigenvalue weighted by atomic mass is 32.2. The zero-order chi connectivity index (χ0) is 21.3. The molecule has 0 aromatic carbocycles. The number of nitrogens with one attached hydrogen (secondary N) is 1. The topological polar surface area (TPSA) is 157 Å². The Labute approximate surface area is 166 Å². The maximum absolute atomic E-state index is 12.4. The average Bonchev–Trinajstić information content (AvgIpc) is 3.12. The fourth-order valence-electron chi connectivity index (χ4n) is 2.73. The van der Waals surface area contributed by atoms with E-state index in [9.17, 15) is 19.2 Å². The molecule has 1 rings (SSSR count). The lowest BCUT2D eigenvalue weighted by Gasteiger charge is -2.24. The highest BCUT2D eigenvalue weighted by molar-refractivity contribution is 8.13. The van der Waals surface area contributed by atoms with Crippen molar-refractivity contribution in [2.75, 3.05) is 18.9 Å². The van der Waals surface area contributed by atoms with Crippen LogP contribution in [0.5, 0.6) is 0 Å². The summed E-state index contributed by atoms with van der Waals surface area (Å²) in [6.07, 6.45) is 1.34. The Morgan fingerprint density at radius 3 is 2.57 bits per heavy atom. The fourth-order valence-corrected chi connectivity index (χ4v) is 3.59. The molecule has 28 heavy (non-hydrogen) atoms. The van der Waals surface area contributed by atoms with E-state index < -0.39 is 35.3 Å². The van der Waals surface area contributed by atoms with Gasteiger partial charge in [-0.15, -0.1) is 0 Å². The van der Waals surface area contributed by atoms with Gasteiger partial charge in [-0.1, -0.05) is 18.7 Å². The molecule has 0 saturated carbocycles. The van der Waals surface area contributed by atoms with Gasteiger partial charge in [0.2, 0.25) is 16.9 Å². The van der Waals surface area contributed by atoms with Gasteiger partial charge in [0.25, 0.3) is 0 Å². The monoisotopic (exact) mass is 421 g/mol. The number of carbonyl (C=O) groups excluding carboxylic acids is 3. The molecule has 1 aliphatic heterocycles. The van der Waals surface area contributed by atoms with E-state index in [1.807, 2.05) is 0 Å². The van der Waals surface area contributed by atoms with Crippen molar-refractivity contribution in [1.29, 1.82) is 0 Å². The molecule has 12 heteroatoms. The van der Waals surface area contributed by atoms with E-state index in [2.05, 4.69) is 10.2 Å². The number of hydrogen-bond donors (Lipinski definition) is 4. The summed E-state index contributed by atoms with van der Waals surface area (Å²) < 4.78 is 0. The highest BCUT2D eigenvalue weighted by Crippen LogP contribution is 2.22. The number of aliphatic carboxylic acids is 1. The van der Waals surface area contributed by atoms with E-state index >= 15 is 0 Å². The minimum absolute atomic E-state index is 0.0382. The minimum Gasteiger partial charge on any atom is -0.480 e. The smallest absolute Gasteiger partial charge is 0.326 e. The van der Waals surface area contributed by atoms with Crippen LogP contribution in [0.4, 0.5) is 0 Å². The number of likely N-dealkylation sites (tertiary alicyclic amines) is 1. The van der Waals surface area contributed by atoms with Gasteiger partial charge in [0, 0.05) is 24.6 Å². The van der Waals surface area contributed by atoms with Crippen LogP contribution in [0.1, 0.15) is 39.5 Å². The van der Waals surface area contributed by atoms with Gasteiger partial charge in [0.1, 0.15) is 6.04 Å². The molecule has 0 spiro atoms. The number of amides is 2. The summed E-state index contributed by atoms with van der Waals surface area (Å²) in [5.41, 5.74) is 0. The Morgan fingerprint density at radius 1 is 1.29 bits per heavy atom. The molecular weight excluding hydrogens is 394 g/mol. The molecule has 0 aromatic rings. The van der Waals surface area contributed by atoms with Gasteiger partial charge in [-0.3, -0.25) is 29.6 Å². The normalized spacial score (nSPS) is 18.8. The second-order valence-corrected chi connectivity index (χ2v) is 7.56. The van der Waals surface area contributed by atoms with Crippen LogP contribution in [-0.4, -0.2) is 79.7 Å². The summed E-state index contributed by atoms with van der Waals surface area (Å²) in [7, 11) is 0. The first-order valence-electron chi connectivity index (χ1n) is 8.93. The number of nitrogens with zero attached hydrogens (tertiary/aromatic N) is 2. The van der Waals surface area contributed by atoms with Crippen molar-refractivity contribution in [2.45, 2.75) is 51.6 Å². The summed E-state index contributed by atoms with van der Waals surface area (Å²) in [5.74, 6) is -2.03. The summed E-state index contributed by atoms with van der Waals surface area (Å²) in [4.78, 5) is 53.2. The highest BCUT2D eigenvalue weighted by Gasteiger charge is 2.36. The molecule has 2 amide bonds. The Balaban J connectivity index is 2.34. The zero-order valence-corrected chi connectivity index (χ0v) is 16.7. The first-order chi connectivity index (χ1) is 13.1. The Hall–Kier alpha value is -1.73. The van der Waals surface area contributed by atoms with Gasteiger partial charge in [0.15, 0.2) is 0 Å². The van der Waals surface area contributed by atoms with Gasteiger partial charge in [-0.25, -0.2) is 4.79 Å². The second kappa shape index (κ2) is 12.0. The number of carboxylic acid groups (broad SMARTS) is 1. The van der Waals surface area contributed by atoms with Crippen LogP contribution >= 0.6 is 11.8 Å². The van der Waals surface area contributed by atoms with Crippen molar-refractivity contribution in [1.82, 2.24) is 15.6 Å². The molecule has 0 radical (unpaired) electrons. The molecule has 1 saturated heterocycles. The van der Waals surface area contributed by atoms with Gasteiger partial charge in [0.05, 0.1) is 18.0 Å². The van der Waals surface area contributed by atoms with Crippen molar-refractivity contribution in [2.24, 2.45) is 5.92 Å². The largest absolute Gasteiger partial charge is 0.480 e.